The van der Waals surface area contributed by atoms with Gasteiger partial charge in [-0.3, -0.25) is 4.79 Å². The quantitative estimate of drug-likeness (QED) is 0.410. The Kier molecular flexibility index (Phi) is 5.58. The van der Waals surface area contributed by atoms with E-state index in [0.29, 0.717) is 32.9 Å². The second-order valence-corrected chi connectivity index (χ2v) is 9.59. The first-order valence-electron chi connectivity index (χ1n) is 9.10. The number of nitrogen functional groups attached to an aromatic ring is 1. The van der Waals surface area contributed by atoms with Crippen LogP contribution in [0, 0.1) is 5.82 Å². The van der Waals surface area contributed by atoms with E-state index in [1.807, 2.05) is 6.07 Å². The van der Waals surface area contributed by atoms with Gasteiger partial charge in [0.15, 0.2) is 0 Å². The van der Waals surface area contributed by atoms with Crippen molar-refractivity contribution in [3.8, 4) is 16.9 Å². The molecule has 3 aromatic carbocycles. The Labute approximate surface area is 192 Å². The van der Waals surface area contributed by atoms with Gasteiger partial charge in [-0.1, -0.05) is 41.4 Å². The lowest BCUT2D eigenvalue weighted by Crippen LogP contribution is -2.30. The number of amides is 1. The summed E-state index contributed by atoms with van der Waals surface area (Å²) in [6, 6.07) is 14.2. The van der Waals surface area contributed by atoms with Crippen LogP contribution in [-0.4, -0.2) is 30.4 Å². The molecule has 1 heterocycles. The molecule has 4 rings (SSSR count). The molecule has 0 atom stereocenters. The van der Waals surface area contributed by atoms with E-state index in [0.717, 1.165) is 18.4 Å². The standard InChI is InChI=1S/C21H15Cl2FN4O3S/c1-32(30,31)27-21(29)13-9-15(23)19(10-16(13)24)28-18-7-6-11(22)8-14(18)20(26-28)12-4-2-3-5-17(12)25/h2-10H,25H2,1H3,(H,27,29). The first-order valence-corrected chi connectivity index (χ1v) is 11.7. The van der Waals surface area contributed by atoms with Crippen LogP contribution in [0.2, 0.25) is 10.0 Å². The van der Waals surface area contributed by atoms with Crippen molar-refractivity contribution in [2.75, 3.05) is 12.0 Å². The fraction of sp³-hybridized carbons (Fsp3) is 0.0476. The number of hydrogen-bond acceptors (Lipinski definition) is 5. The van der Waals surface area contributed by atoms with Crippen molar-refractivity contribution >= 4 is 55.7 Å². The summed E-state index contributed by atoms with van der Waals surface area (Å²) in [7, 11) is -3.88. The number of rotatable bonds is 4. The molecule has 32 heavy (non-hydrogen) atoms. The summed E-state index contributed by atoms with van der Waals surface area (Å²) < 4.78 is 40.6. The fourth-order valence-corrected chi connectivity index (χ4v) is 4.14. The molecule has 7 nitrogen and oxygen atoms in total. The number of fused-ring (bicyclic) bond motifs is 1. The minimum atomic E-state index is -3.88. The summed E-state index contributed by atoms with van der Waals surface area (Å²) in [5.41, 5.74) is 7.98. The van der Waals surface area contributed by atoms with Gasteiger partial charge in [-0.25, -0.2) is 22.2 Å². The fourth-order valence-electron chi connectivity index (χ4n) is 3.28. The Morgan fingerprint density at radius 2 is 1.84 bits per heavy atom. The molecule has 0 fully saturated rings. The smallest absolute Gasteiger partial charge is 0.267 e. The molecule has 0 aliphatic heterocycles. The molecule has 0 spiro atoms. The van der Waals surface area contributed by atoms with Crippen LogP contribution in [0.4, 0.5) is 10.1 Å². The summed E-state index contributed by atoms with van der Waals surface area (Å²) in [6.45, 7) is 0. The van der Waals surface area contributed by atoms with Gasteiger partial charge < -0.3 is 5.73 Å². The molecule has 11 heteroatoms. The number of hydrogen-bond donors (Lipinski definition) is 2. The molecule has 0 aliphatic carbocycles. The first-order chi connectivity index (χ1) is 15.0. The monoisotopic (exact) mass is 492 g/mol. The number of nitrogens with two attached hydrogens (primary N) is 1. The van der Waals surface area contributed by atoms with E-state index in [4.69, 9.17) is 28.9 Å². The maximum Gasteiger partial charge on any atom is 0.267 e. The summed E-state index contributed by atoms with van der Waals surface area (Å²) >= 11 is 12.6. The second-order valence-electron chi connectivity index (χ2n) is 7.00. The molecule has 0 radical (unpaired) electrons. The lowest BCUT2D eigenvalue weighted by atomic mass is 10.1. The van der Waals surface area contributed by atoms with Gasteiger partial charge in [0, 0.05) is 27.7 Å². The van der Waals surface area contributed by atoms with Gasteiger partial charge in [0.25, 0.3) is 5.91 Å². The molecule has 164 valence electrons. The highest BCUT2D eigenvalue weighted by atomic mass is 35.5. The Hall–Kier alpha value is -3.14. The van der Waals surface area contributed by atoms with E-state index >= 15 is 0 Å². The molecule has 0 saturated carbocycles. The predicted molar refractivity (Wildman–Crippen MR) is 123 cm³/mol. The van der Waals surface area contributed by atoms with Crippen LogP contribution in [0.3, 0.4) is 0 Å². The second kappa shape index (κ2) is 8.09. The number of sulfonamides is 1. The Bertz CT molecular complexity index is 1500. The molecular formula is C21H15Cl2FN4O3S. The van der Waals surface area contributed by atoms with Crippen molar-refractivity contribution in [1.29, 1.82) is 0 Å². The van der Waals surface area contributed by atoms with Crippen molar-refractivity contribution in [1.82, 2.24) is 14.5 Å². The number of nitrogens with zero attached hydrogens (tertiary/aromatic N) is 2. The van der Waals surface area contributed by atoms with Crippen LogP contribution in [0.15, 0.2) is 54.6 Å². The number of anilines is 1. The normalized spacial score (nSPS) is 11.6. The third-order valence-electron chi connectivity index (χ3n) is 4.65. The zero-order valence-corrected chi connectivity index (χ0v) is 18.8. The van der Waals surface area contributed by atoms with Crippen LogP contribution in [0.1, 0.15) is 10.4 Å². The van der Waals surface area contributed by atoms with Crippen LogP contribution >= 0.6 is 23.2 Å². The van der Waals surface area contributed by atoms with Crippen LogP contribution in [0.25, 0.3) is 27.8 Å². The van der Waals surface area contributed by atoms with Gasteiger partial charge in [0.1, 0.15) is 11.5 Å². The van der Waals surface area contributed by atoms with Crippen molar-refractivity contribution < 1.29 is 17.6 Å². The number of benzene rings is 3. The van der Waals surface area contributed by atoms with Crippen molar-refractivity contribution in [3.63, 3.8) is 0 Å². The molecule has 1 amide bonds. The predicted octanol–water partition coefficient (Wildman–Crippen LogP) is 4.41. The molecule has 1 aromatic heterocycles. The number of nitrogens with one attached hydrogen (secondary N) is 1. The molecule has 0 aliphatic rings. The van der Waals surface area contributed by atoms with Gasteiger partial charge in [-0.05, 0) is 30.3 Å². The van der Waals surface area contributed by atoms with E-state index in [-0.39, 0.29) is 10.7 Å². The maximum atomic E-state index is 14.8. The molecule has 0 unspecified atom stereocenters. The first kappa shape index (κ1) is 22.1. The minimum absolute atomic E-state index is 0.0167. The molecule has 4 aromatic rings. The van der Waals surface area contributed by atoms with Crippen LogP contribution < -0.4 is 10.5 Å². The Balaban J connectivity index is 1.92. The van der Waals surface area contributed by atoms with Gasteiger partial charge in [-0.15, -0.1) is 0 Å². The lowest BCUT2D eigenvalue weighted by molar-refractivity contribution is 0.0978. The molecule has 0 bridgehead atoms. The van der Waals surface area contributed by atoms with E-state index < -0.39 is 27.3 Å². The Morgan fingerprint density at radius 3 is 2.53 bits per heavy atom. The van der Waals surface area contributed by atoms with Gasteiger partial charge in [0.2, 0.25) is 10.0 Å². The van der Waals surface area contributed by atoms with Crippen LogP contribution in [0.5, 0.6) is 0 Å². The minimum Gasteiger partial charge on any atom is -0.398 e. The molecular weight excluding hydrogens is 478 g/mol. The SMILES string of the molecule is CS(=O)(=O)NC(=O)c1cc(Cl)c(-n2nc(-c3ccccc3N)c3cc(Cl)ccc32)cc1F. The van der Waals surface area contributed by atoms with Crippen molar-refractivity contribution in [2.45, 2.75) is 0 Å². The number of para-hydroxylation sites is 1. The van der Waals surface area contributed by atoms with Crippen molar-refractivity contribution in [2.24, 2.45) is 0 Å². The van der Waals surface area contributed by atoms with Gasteiger partial charge >= 0.3 is 0 Å². The number of carbonyl (C=O) groups excluding carboxylic acids is 1. The highest BCUT2D eigenvalue weighted by Gasteiger charge is 2.22. The zero-order chi connectivity index (χ0) is 23.2. The zero-order valence-electron chi connectivity index (χ0n) is 16.4. The van der Waals surface area contributed by atoms with Crippen LogP contribution in [-0.2, 0) is 10.0 Å². The molecule has 3 N–H and O–H groups in total. The Morgan fingerprint density at radius 1 is 1.12 bits per heavy atom. The summed E-state index contributed by atoms with van der Waals surface area (Å²) in [4.78, 5) is 12.1. The lowest BCUT2D eigenvalue weighted by Gasteiger charge is -2.10. The maximum absolute atomic E-state index is 14.8. The average molecular weight is 493 g/mol. The summed E-state index contributed by atoms with van der Waals surface area (Å²) in [6.07, 6.45) is 0.788. The third kappa shape index (κ3) is 4.14. The number of aromatic nitrogens is 2. The van der Waals surface area contributed by atoms with E-state index in [9.17, 15) is 17.6 Å². The number of halogens is 3. The third-order valence-corrected chi connectivity index (χ3v) is 5.74. The van der Waals surface area contributed by atoms with E-state index in [1.165, 1.54) is 4.68 Å². The highest BCUT2D eigenvalue weighted by molar-refractivity contribution is 7.89. The van der Waals surface area contributed by atoms with E-state index in [2.05, 4.69) is 5.10 Å². The highest BCUT2D eigenvalue weighted by Crippen LogP contribution is 2.36. The summed E-state index contributed by atoms with van der Waals surface area (Å²) in [5.74, 6) is -2.10. The topological polar surface area (TPSA) is 107 Å². The van der Waals surface area contributed by atoms with Gasteiger partial charge in [-0.2, -0.15) is 5.10 Å². The largest absolute Gasteiger partial charge is 0.398 e. The van der Waals surface area contributed by atoms with E-state index in [1.54, 1.807) is 41.1 Å². The molecule has 0 saturated heterocycles. The number of carbonyl (C=O) groups is 1. The van der Waals surface area contributed by atoms with Gasteiger partial charge in [0.05, 0.1) is 28.0 Å². The summed E-state index contributed by atoms with van der Waals surface area (Å²) in [5, 5.41) is 5.71. The van der Waals surface area contributed by atoms with Crippen molar-refractivity contribution in [3.05, 3.63) is 76.0 Å². The average Bonchev–Trinajstić information content (AvgIpc) is 3.06.